The highest BCUT2D eigenvalue weighted by atomic mass is 16.4. The van der Waals surface area contributed by atoms with E-state index in [1.807, 2.05) is 20.8 Å². The maximum Gasteiger partial charge on any atom is 0.317 e. The van der Waals surface area contributed by atoms with Crippen molar-refractivity contribution in [3.63, 3.8) is 0 Å². The molecule has 2 unspecified atom stereocenters. The van der Waals surface area contributed by atoms with Crippen molar-refractivity contribution in [3.05, 3.63) is 0 Å². The minimum absolute atomic E-state index is 0.0691. The van der Waals surface area contributed by atoms with Crippen LogP contribution >= 0.6 is 0 Å². The Morgan fingerprint density at radius 2 is 1.80 bits per heavy atom. The van der Waals surface area contributed by atoms with Gasteiger partial charge in [0.05, 0.1) is 0 Å². The summed E-state index contributed by atoms with van der Waals surface area (Å²) in [5.41, 5.74) is 0. The smallest absolute Gasteiger partial charge is 0.317 e. The van der Waals surface area contributed by atoms with Gasteiger partial charge in [0.2, 0.25) is 0 Å². The molecular formula is C15H30N2O3. The number of urea groups is 1. The zero-order valence-corrected chi connectivity index (χ0v) is 13.5. The van der Waals surface area contributed by atoms with Crippen molar-refractivity contribution >= 4 is 12.0 Å². The largest absolute Gasteiger partial charge is 0.481 e. The molecule has 0 spiro atoms. The van der Waals surface area contributed by atoms with Crippen molar-refractivity contribution in [2.75, 3.05) is 6.54 Å². The number of nitrogens with one attached hydrogen (secondary N) is 1. The predicted molar refractivity (Wildman–Crippen MR) is 80.8 cm³/mol. The Morgan fingerprint density at radius 1 is 1.20 bits per heavy atom. The highest BCUT2D eigenvalue weighted by Gasteiger charge is 2.19. The van der Waals surface area contributed by atoms with E-state index in [1.165, 1.54) is 0 Å². The van der Waals surface area contributed by atoms with E-state index in [0.29, 0.717) is 18.9 Å². The van der Waals surface area contributed by atoms with E-state index < -0.39 is 5.97 Å². The lowest BCUT2D eigenvalue weighted by molar-refractivity contribution is -0.137. The van der Waals surface area contributed by atoms with Gasteiger partial charge in [-0.15, -0.1) is 0 Å². The molecule has 0 aromatic heterocycles. The molecule has 5 nitrogen and oxygen atoms in total. The number of carbonyl (C=O) groups is 2. The number of carbonyl (C=O) groups excluding carboxylic acids is 1. The lowest BCUT2D eigenvalue weighted by atomic mass is 10.0. The summed E-state index contributed by atoms with van der Waals surface area (Å²) in [5.74, 6) is -0.232. The molecule has 2 N–H and O–H groups in total. The zero-order chi connectivity index (χ0) is 15.7. The molecule has 0 bridgehead atoms. The molecule has 0 saturated carbocycles. The summed E-state index contributed by atoms with van der Waals surface area (Å²) in [5, 5.41) is 11.7. The Labute approximate surface area is 122 Å². The van der Waals surface area contributed by atoms with Crippen LogP contribution in [-0.2, 0) is 4.79 Å². The van der Waals surface area contributed by atoms with Crippen LogP contribution in [0.4, 0.5) is 4.79 Å². The fourth-order valence-electron chi connectivity index (χ4n) is 2.12. The number of carboxylic acids is 1. The lowest BCUT2D eigenvalue weighted by Crippen LogP contribution is -2.47. The molecular weight excluding hydrogens is 256 g/mol. The highest BCUT2D eigenvalue weighted by molar-refractivity contribution is 5.75. The monoisotopic (exact) mass is 286 g/mol. The second-order valence-electron chi connectivity index (χ2n) is 5.88. The third kappa shape index (κ3) is 8.02. The molecule has 0 fully saturated rings. The number of carboxylic acid groups (broad SMARTS) is 1. The summed E-state index contributed by atoms with van der Waals surface area (Å²) < 4.78 is 0. The Morgan fingerprint density at radius 3 is 2.25 bits per heavy atom. The van der Waals surface area contributed by atoms with Crippen LogP contribution in [0.5, 0.6) is 0 Å². The summed E-state index contributed by atoms with van der Waals surface area (Å²) >= 11 is 0. The van der Waals surface area contributed by atoms with Crippen molar-refractivity contribution in [2.45, 2.75) is 72.4 Å². The first-order valence-corrected chi connectivity index (χ1v) is 7.56. The Bertz CT molecular complexity index is 305. The van der Waals surface area contributed by atoms with Crippen LogP contribution < -0.4 is 5.32 Å². The van der Waals surface area contributed by atoms with Gasteiger partial charge in [0.1, 0.15) is 0 Å². The van der Waals surface area contributed by atoms with E-state index >= 15 is 0 Å². The summed E-state index contributed by atoms with van der Waals surface area (Å²) in [6, 6.07) is 0.110. The SMILES string of the molecule is CCC(C)CC(C)NC(=O)N(CCCC(=O)O)C(C)C. The van der Waals surface area contributed by atoms with Gasteiger partial charge in [-0.2, -0.15) is 0 Å². The number of hydrogen-bond donors (Lipinski definition) is 2. The molecule has 0 aliphatic rings. The van der Waals surface area contributed by atoms with Gasteiger partial charge in [0.25, 0.3) is 0 Å². The number of hydrogen-bond acceptors (Lipinski definition) is 2. The van der Waals surface area contributed by atoms with Crippen molar-refractivity contribution in [1.82, 2.24) is 10.2 Å². The normalized spacial score (nSPS) is 13.9. The van der Waals surface area contributed by atoms with E-state index in [1.54, 1.807) is 4.90 Å². The molecule has 118 valence electrons. The molecule has 0 heterocycles. The molecule has 0 aliphatic carbocycles. The van der Waals surface area contributed by atoms with Crippen LogP contribution in [0.15, 0.2) is 0 Å². The molecule has 0 aromatic rings. The molecule has 0 radical (unpaired) electrons. The van der Waals surface area contributed by atoms with Gasteiger partial charge in [-0.05, 0) is 39.5 Å². The molecule has 20 heavy (non-hydrogen) atoms. The van der Waals surface area contributed by atoms with Crippen molar-refractivity contribution in [3.8, 4) is 0 Å². The van der Waals surface area contributed by atoms with E-state index in [0.717, 1.165) is 12.8 Å². The van der Waals surface area contributed by atoms with Crippen LogP contribution in [-0.4, -0.2) is 40.6 Å². The first-order valence-electron chi connectivity index (χ1n) is 7.56. The molecule has 2 amide bonds. The fourth-order valence-corrected chi connectivity index (χ4v) is 2.12. The minimum atomic E-state index is -0.820. The van der Waals surface area contributed by atoms with Gasteiger partial charge in [0, 0.05) is 25.0 Å². The average molecular weight is 286 g/mol. The van der Waals surface area contributed by atoms with E-state index in [2.05, 4.69) is 19.2 Å². The quantitative estimate of drug-likeness (QED) is 0.684. The molecule has 0 saturated heterocycles. The molecule has 0 aromatic carbocycles. The number of nitrogens with zero attached hydrogens (tertiary/aromatic N) is 1. The lowest BCUT2D eigenvalue weighted by Gasteiger charge is -2.29. The summed E-state index contributed by atoms with van der Waals surface area (Å²) in [4.78, 5) is 24.4. The maximum absolute atomic E-state index is 12.2. The van der Waals surface area contributed by atoms with Crippen molar-refractivity contribution in [1.29, 1.82) is 0 Å². The Balaban J connectivity index is 4.31. The molecule has 5 heteroatoms. The van der Waals surface area contributed by atoms with Crippen LogP contribution in [0.25, 0.3) is 0 Å². The predicted octanol–water partition coefficient (Wildman–Crippen LogP) is 3.10. The van der Waals surface area contributed by atoms with Gasteiger partial charge in [-0.3, -0.25) is 4.79 Å². The van der Waals surface area contributed by atoms with Crippen LogP contribution in [0.3, 0.4) is 0 Å². The van der Waals surface area contributed by atoms with Gasteiger partial charge >= 0.3 is 12.0 Å². The first-order chi connectivity index (χ1) is 9.27. The van der Waals surface area contributed by atoms with Gasteiger partial charge < -0.3 is 15.3 Å². The van der Waals surface area contributed by atoms with Gasteiger partial charge in [-0.25, -0.2) is 4.79 Å². The third-order valence-corrected chi connectivity index (χ3v) is 3.50. The van der Waals surface area contributed by atoms with Gasteiger partial charge in [-0.1, -0.05) is 20.3 Å². The van der Waals surface area contributed by atoms with Crippen LogP contribution in [0.1, 0.15) is 60.3 Å². The van der Waals surface area contributed by atoms with Crippen molar-refractivity contribution in [2.24, 2.45) is 5.92 Å². The average Bonchev–Trinajstić information content (AvgIpc) is 2.33. The second-order valence-corrected chi connectivity index (χ2v) is 5.88. The van der Waals surface area contributed by atoms with E-state index in [4.69, 9.17) is 5.11 Å². The minimum Gasteiger partial charge on any atom is -0.481 e. The molecule has 0 rings (SSSR count). The van der Waals surface area contributed by atoms with E-state index in [9.17, 15) is 9.59 Å². The summed E-state index contributed by atoms with van der Waals surface area (Å²) in [6.45, 7) is 10.7. The standard InChI is InChI=1S/C15H30N2O3/c1-6-12(4)10-13(5)16-15(20)17(11(2)3)9-7-8-14(18)19/h11-13H,6-10H2,1-5H3,(H,16,20)(H,18,19). The maximum atomic E-state index is 12.2. The fraction of sp³-hybridized carbons (Fsp3) is 0.867. The number of rotatable bonds is 9. The summed E-state index contributed by atoms with van der Waals surface area (Å²) in [7, 11) is 0. The van der Waals surface area contributed by atoms with Crippen LogP contribution in [0.2, 0.25) is 0 Å². The Hall–Kier alpha value is -1.26. The second kappa shape index (κ2) is 9.61. The topological polar surface area (TPSA) is 69.6 Å². The first kappa shape index (κ1) is 18.7. The van der Waals surface area contributed by atoms with E-state index in [-0.39, 0.29) is 24.5 Å². The summed E-state index contributed by atoms with van der Waals surface area (Å²) in [6.07, 6.45) is 2.65. The third-order valence-electron chi connectivity index (χ3n) is 3.50. The highest BCUT2D eigenvalue weighted by Crippen LogP contribution is 2.10. The number of amides is 2. The number of aliphatic carboxylic acids is 1. The zero-order valence-electron chi connectivity index (χ0n) is 13.5. The molecule has 2 atom stereocenters. The molecule has 0 aliphatic heterocycles. The van der Waals surface area contributed by atoms with Crippen molar-refractivity contribution < 1.29 is 14.7 Å². The van der Waals surface area contributed by atoms with Crippen LogP contribution in [0, 0.1) is 5.92 Å². The Kier molecular flexibility index (Phi) is 9.01. The van der Waals surface area contributed by atoms with Gasteiger partial charge in [0.15, 0.2) is 0 Å².